The van der Waals surface area contributed by atoms with E-state index in [4.69, 9.17) is 9.47 Å². The lowest BCUT2D eigenvalue weighted by Gasteiger charge is -2.23. The molecule has 0 aliphatic heterocycles. The van der Waals surface area contributed by atoms with Crippen molar-refractivity contribution in [1.29, 1.82) is 0 Å². The molecule has 3 rings (SSSR count). The fourth-order valence-corrected chi connectivity index (χ4v) is 3.10. The zero-order valence-corrected chi connectivity index (χ0v) is 14.3. The molecule has 1 aliphatic carbocycles. The largest absolute Gasteiger partial charge is 0.467 e. The van der Waals surface area contributed by atoms with Gasteiger partial charge in [-0.2, -0.15) is 0 Å². The van der Waals surface area contributed by atoms with Crippen molar-refractivity contribution >= 4 is 23.0 Å². The van der Waals surface area contributed by atoms with E-state index in [1.807, 2.05) is 30.5 Å². The van der Waals surface area contributed by atoms with Crippen molar-refractivity contribution in [3.63, 3.8) is 0 Å². The molecule has 1 aromatic carbocycles. The second-order valence-corrected chi connectivity index (χ2v) is 7.14. The molecule has 0 bridgehead atoms. The predicted molar refractivity (Wildman–Crippen MR) is 89.8 cm³/mol. The number of carbonyl (C=O) groups excluding carboxylic acids is 2. The maximum absolute atomic E-state index is 12.3. The molecule has 2 N–H and O–H groups in total. The highest BCUT2D eigenvalue weighted by atomic mass is 16.6. The lowest BCUT2D eigenvalue weighted by Crippen LogP contribution is -2.47. The molecular weight excluding hydrogens is 308 g/mol. The molecule has 1 saturated carbocycles. The van der Waals surface area contributed by atoms with Crippen molar-refractivity contribution in [2.45, 2.75) is 44.2 Å². The molecule has 0 radical (unpaired) electrons. The first-order chi connectivity index (χ1) is 11.3. The van der Waals surface area contributed by atoms with E-state index in [0.717, 1.165) is 16.5 Å². The quantitative estimate of drug-likeness (QED) is 0.848. The van der Waals surface area contributed by atoms with E-state index < -0.39 is 23.2 Å². The average Bonchev–Trinajstić information content (AvgIpc) is 3.05. The van der Waals surface area contributed by atoms with Gasteiger partial charge >= 0.3 is 12.1 Å². The first-order valence-electron chi connectivity index (χ1n) is 7.92. The molecule has 6 heteroatoms. The van der Waals surface area contributed by atoms with Crippen LogP contribution in [0.25, 0.3) is 10.9 Å². The van der Waals surface area contributed by atoms with E-state index in [9.17, 15) is 9.59 Å². The average molecular weight is 330 g/mol. The first-order valence-corrected chi connectivity index (χ1v) is 7.92. The molecule has 2 aromatic rings. The summed E-state index contributed by atoms with van der Waals surface area (Å²) in [6.07, 6.45) is 1.76. The van der Waals surface area contributed by atoms with E-state index in [2.05, 4.69) is 10.3 Å². The molecule has 1 aliphatic rings. The summed E-state index contributed by atoms with van der Waals surface area (Å²) in [4.78, 5) is 27.7. The van der Waals surface area contributed by atoms with Gasteiger partial charge in [0, 0.05) is 23.0 Å². The molecule has 1 fully saturated rings. The molecular formula is C18H22N2O4. The number of para-hydroxylation sites is 1. The number of esters is 1. The van der Waals surface area contributed by atoms with Gasteiger partial charge in [-0.15, -0.1) is 0 Å². The Morgan fingerprint density at radius 2 is 2.00 bits per heavy atom. The van der Waals surface area contributed by atoms with Gasteiger partial charge in [-0.05, 0) is 38.8 Å². The zero-order chi connectivity index (χ0) is 17.5. The molecule has 128 valence electrons. The molecule has 0 saturated heterocycles. The normalized spacial score (nSPS) is 22.9. The van der Waals surface area contributed by atoms with Crippen molar-refractivity contribution in [3.05, 3.63) is 36.0 Å². The van der Waals surface area contributed by atoms with Crippen LogP contribution >= 0.6 is 0 Å². The Labute approximate surface area is 140 Å². The Bertz CT molecular complexity index is 790. The van der Waals surface area contributed by atoms with Crippen molar-refractivity contribution < 1.29 is 19.1 Å². The summed E-state index contributed by atoms with van der Waals surface area (Å²) in [5.74, 6) is -0.600. The predicted octanol–water partition coefficient (Wildman–Crippen LogP) is 3.09. The number of aromatic nitrogens is 1. The van der Waals surface area contributed by atoms with E-state index in [0.29, 0.717) is 6.42 Å². The second-order valence-electron chi connectivity index (χ2n) is 7.14. The molecule has 1 aromatic heterocycles. The van der Waals surface area contributed by atoms with Gasteiger partial charge in [-0.25, -0.2) is 9.59 Å². The molecule has 2 atom stereocenters. The Morgan fingerprint density at radius 1 is 1.29 bits per heavy atom. The van der Waals surface area contributed by atoms with E-state index in [-0.39, 0.29) is 5.92 Å². The van der Waals surface area contributed by atoms with Crippen molar-refractivity contribution in [2.75, 3.05) is 7.11 Å². The number of carbonyl (C=O) groups is 2. The maximum Gasteiger partial charge on any atom is 0.408 e. The fourth-order valence-electron chi connectivity index (χ4n) is 3.10. The Hall–Kier alpha value is -2.50. The van der Waals surface area contributed by atoms with E-state index >= 15 is 0 Å². The van der Waals surface area contributed by atoms with Crippen LogP contribution in [0.4, 0.5) is 4.79 Å². The summed E-state index contributed by atoms with van der Waals surface area (Å²) in [6.45, 7) is 5.34. The Morgan fingerprint density at radius 3 is 2.67 bits per heavy atom. The molecule has 0 unspecified atom stereocenters. The lowest BCUT2D eigenvalue weighted by atomic mass is 10.1. The number of nitrogens with one attached hydrogen (secondary N) is 2. The number of fused-ring (bicyclic) bond motifs is 1. The number of ether oxygens (including phenoxy) is 2. The van der Waals surface area contributed by atoms with Crippen LogP contribution in [0.1, 0.15) is 38.7 Å². The second kappa shape index (κ2) is 5.54. The van der Waals surface area contributed by atoms with Crippen LogP contribution in [0.5, 0.6) is 0 Å². The number of amides is 1. The van der Waals surface area contributed by atoms with Gasteiger partial charge in [0.2, 0.25) is 0 Å². The van der Waals surface area contributed by atoms with Crippen LogP contribution in [0, 0.1) is 0 Å². The van der Waals surface area contributed by atoms with Crippen LogP contribution in [-0.4, -0.2) is 35.3 Å². The molecule has 1 heterocycles. The Kier molecular flexibility index (Phi) is 3.78. The third kappa shape index (κ3) is 2.84. The minimum atomic E-state index is -1.07. The molecule has 1 amide bonds. The number of H-pyrrole nitrogens is 1. The third-order valence-electron chi connectivity index (χ3n) is 4.23. The number of rotatable bonds is 3. The SMILES string of the molecule is COC(=O)[C@]1(NC(=O)OC(C)(C)C)C[C@H]1c1c[nH]c2ccccc12. The number of benzene rings is 1. The van der Waals surface area contributed by atoms with Crippen LogP contribution in [0.2, 0.25) is 0 Å². The first kappa shape index (κ1) is 16.4. The Balaban J connectivity index is 1.88. The zero-order valence-electron chi connectivity index (χ0n) is 14.3. The van der Waals surface area contributed by atoms with Gasteiger partial charge in [0.05, 0.1) is 7.11 Å². The topological polar surface area (TPSA) is 80.4 Å². The highest BCUT2D eigenvalue weighted by Gasteiger charge is 2.64. The summed E-state index contributed by atoms with van der Waals surface area (Å²) in [5.41, 5.74) is 0.289. The summed E-state index contributed by atoms with van der Waals surface area (Å²) >= 11 is 0. The highest BCUT2D eigenvalue weighted by molar-refractivity contribution is 5.94. The number of hydrogen-bond acceptors (Lipinski definition) is 4. The smallest absolute Gasteiger partial charge is 0.408 e. The third-order valence-corrected chi connectivity index (χ3v) is 4.23. The van der Waals surface area contributed by atoms with Gasteiger partial charge < -0.3 is 19.8 Å². The van der Waals surface area contributed by atoms with Crippen LogP contribution in [0.15, 0.2) is 30.5 Å². The van der Waals surface area contributed by atoms with E-state index in [1.165, 1.54) is 7.11 Å². The lowest BCUT2D eigenvalue weighted by molar-refractivity contribution is -0.144. The molecule has 24 heavy (non-hydrogen) atoms. The number of aromatic amines is 1. The summed E-state index contributed by atoms with van der Waals surface area (Å²) < 4.78 is 10.2. The van der Waals surface area contributed by atoms with Crippen molar-refractivity contribution in [1.82, 2.24) is 10.3 Å². The van der Waals surface area contributed by atoms with Gasteiger partial charge in [0.1, 0.15) is 11.1 Å². The molecule has 6 nitrogen and oxygen atoms in total. The van der Waals surface area contributed by atoms with Crippen molar-refractivity contribution in [3.8, 4) is 0 Å². The van der Waals surface area contributed by atoms with Gasteiger partial charge in [-0.3, -0.25) is 0 Å². The van der Waals surface area contributed by atoms with Gasteiger partial charge in [0.25, 0.3) is 0 Å². The minimum absolute atomic E-state index is 0.145. The maximum atomic E-state index is 12.3. The summed E-state index contributed by atoms with van der Waals surface area (Å²) in [6, 6.07) is 7.86. The summed E-state index contributed by atoms with van der Waals surface area (Å²) in [7, 11) is 1.32. The fraction of sp³-hybridized carbons (Fsp3) is 0.444. The standard InChI is InChI=1S/C18H22N2O4/c1-17(2,3)24-16(22)20-18(15(21)23-4)9-13(18)12-10-19-14-8-6-5-7-11(12)14/h5-8,10,13,19H,9H2,1-4H3,(H,20,22)/t13-,18-/m0/s1. The number of methoxy groups -OCH3 is 1. The van der Waals surface area contributed by atoms with Gasteiger partial charge in [0.15, 0.2) is 0 Å². The van der Waals surface area contributed by atoms with Crippen LogP contribution in [-0.2, 0) is 14.3 Å². The van der Waals surface area contributed by atoms with Crippen LogP contribution in [0.3, 0.4) is 0 Å². The highest BCUT2D eigenvalue weighted by Crippen LogP contribution is 2.54. The monoisotopic (exact) mass is 330 g/mol. The van der Waals surface area contributed by atoms with Gasteiger partial charge in [-0.1, -0.05) is 18.2 Å². The number of alkyl carbamates (subject to hydrolysis) is 1. The number of hydrogen-bond donors (Lipinski definition) is 2. The molecule has 0 spiro atoms. The van der Waals surface area contributed by atoms with E-state index in [1.54, 1.807) is 20.8 Å². The van der Waals surface area contributed by atoms with Crippen LogP contribution < -0.4 is 5.32 Å². The minimum Gasteiger partial charge on any atom is -0.467 e. The summed E-state index contributed by atoms with van der Waals surface area (Å²) in [5, 5.41) is 3.77. The van der Waals surface area contributed by atoms with Crippen molar-refractivity contribution in [2.24, 2.45) is 0 Å².